The van der Waals surface area contributed by atoms with E-state index >= 15 is 0 Å². The van der Waals surface area contributed by atoms with Crippen LogP contribution in [0.25, 0.3) is 10.9 Å². The molecule has 0 aliphatic rings. The van der Waals surface area contributed by atoms with Crippen LogP contribution in [0.5, 0.6) is 0 Å². The number of nitrogens with zero attached hydrogens (tertiary/aromatic N) is 1. The molecular formula is C18H14F3N. The second-order valence-electron chi connectivity index (χ2n) is 5.32. The highest BCUT2D eigenvalue weighted by atomic mass is 19.4. The Balaban J connectivity index is 2.07. The number of benzene rings is 2. The molecule has 0 bridgehead atoms. The summed E-state index contributed by atoms with van der Waals surface area (Å²) in [5.74, 6) is 0. The van der Waals surface area contributed by atoms with Crippen LogP contribution in [0.4, 0.5) is 13.2 Å². The standard InChI is InChI=1S/C18H14F3N/c1-12-9-16(18(19,20)21)15-8-7-14(11-17(15)22-12)10-13-5-3-2-4-6-13/h2-9,11H,10H2,1H3. The lowest BCUT2D eigenvalue weighted by Crippen LogP contribution is -2.07. The summed E-state index contributed by atoms with van der Waals surface area (Å²) in [6, 6.07) is 15.9. The van der Waals surface area contributed by atoms with Crippen molar-refractivity contribution in [2.45, 2.75) is 19.5 Å². The van der Waals surface area contributed by atoms with Gasteiger partial charge in [0.1, 0.15) is 0 Å². The van der Waals surface area contributed by atoms with E-state index in [-0.39, 0.29) is 5.39 Å². The quantitative estimate of drug-likeness (QED) is 0.637. The summed E-state index contributed by atoms with van der Waals surface area (Å²) in [7, 11) is 0. The summed E-state index contributed by atoms with van der Waals surface area (Å²) in [6.45, 7) is 1.58. The van der Waals surface area contributed by atoms with Gasteiger partial charge in [-0.1, -0.05) is 42.5 Å². The van der Waals surface area contributed by atoms with Crippen molar-refractivity contribution in [2.75, 3.05) is 0 Å². The van der Waals surface area contributed by atoms with Gasteiger partial charge in [0, 0.05) is 11.1 Å². The van der Waals surface area contributed by atoms with Gasteiger partial charge >= 0.3 is 6.18 Å². The van der Waals surface area contributed by atoms with Gasteiger partial charge in [-0.25, -0.2) is 0 Å². The average molecular weight is 301 g/mol. The zero-order chi connectivity index (χ0) is 15.7. The number of alkyl halides is 3. The van der Waals surface area contributed by atoms with Crippen LogP contribution in [0.15, 0.2) is 54.6 Å². The molecule has 0 saturated heterocycles. The van der Waals surface area contributed by atoms with Crippen LogP contribution in [-0.2, 0) is 12.6 Å². The van der Waals surface area contributed by atoms with Crippen LogP contribution < -0.4 is 0 Å². The topological polar surface area (TPSA) is 12.9 Å². The Morgan fingerprint density at radius 1 is 0.909 bits per heavy atom. The smallest absolute Gasteiger partial charge is 0.253 e. The number of halogens is 3. The lowest BCUT2D eigenvalue weighted by atomic mass is 10.0. The van der Waals surface area contributed by atoms with Gasteiger partial charge in [0.05, 0.1) is 11.1 Å². The normalized spacial score (nSPS) is 11.8. The Kier molecular flexibility index (Phi) is 3.61. The number of aromatic nitrogens is 1. The van der Waals surface area contributed by atoms with E-state index < -0.39 is 11.7 Å². The van der Waals surface area contributed by atoms with Crippen molar-refractivity contribution in [3.05, 3.63) is 77.0 Å². The van der Waals surface area contributed by atoms with Crippen LogP contribution in [0.3, 0.4) is 0 Å². The van der Waals surface area contributed by atoms with Crippen molar-refractivity contribution >= 4 is 10.9 Å². The van der Waals surface area contributed by atoms with E-state index in [0.29, 0.717) is 17.6 Å². The van der Waals surface area contributed by atoms with Crippen molar-refractivity contribution in [2.24, 2.45) is 0 Å². The molecule has 0 fully saturated rings. The molecule has 0 aliphatic heterocycles. The predicted octanol–water partition coefficient (Wildman–Crippen LogP) is 5.15. The van der Waals surface area contributed by atoms with E-state index in [0.717, 1.165) is 17.2 Å². The maximum Gasteiger partial charge on any atom is 0.417 e. The molecule has 22 heavy (non-hydrogen) atoms. The van der Waals surface area contributed by atoms with E-state index in [4.69, 9.17) is 0 Å². The molecule has 112 valence electrons. The SMILES string of the molecule is Cc1cc(C(F)(F)F)c2ccc(Cc3ccccc3)cc2n1. The lowest BCUT2D eigenvalue weighted by molar-refractivity contribution is -0.136. The second-order valence-corrected chi connectivity index (χ2v) is 5.32. The Morgan fingerprint density at radius 2 is 1.64 bits per heavy atom. The lowest BCUT2D eigenvalue weighted by Gasteiger charge is -2.12. The third-order valence-corrected chi connectivity index (χ3v) is 3.56. The summed E-state index contributed by atoms with van der Waals surface area (Å²) in [5.41, 5.74) is 2.20. The molecular weight excluding hydrogens is 287 g/mol. The summed E-state index contributed by atoms with van der Waals surface area (Å²) < 4.78 is 39.4. The van der Waals surface area contributed by atoms with Crippen molar-refractivity contribution in [1.82, 2.24) is 4.98 Å². The highest BCUT2D eigenvalue weighted by molar-refractivity contribution is 5.83. The third-order valence-electron chi connectivity index (χ3n) is 3.56. The van der Waals surface area contributed by atoms with Gasteiger partial charge in [-0.15, -0.1) is 0 Å². The Labute approximate surface area is 126 Å². The Hall–Kier alpha value is -2.36. The Bertz CT molecular complexity index is 808. The molecule has 0 saturated carbocycles. The molecule has 3 rings (SSSR count). The molecule has 0 amide bonds. The second kappa shape index (κ2) is 5.44. The zero-order valence-corrected chi connectivity index (χ0v) is 12.0. The highest BCUT2D eigenvalue weighted by Gasteiger charge is 2.33. The number of hydrogen-bond acceptors (Lipinski definition) is 1. The van der Waals surface area contributed by atoms with Gasteiger partial charge in [0.25, 0.3) is 0 Å². The van der Waals surface area contributed by atoms with Gasteiger partial charge in [-0.3, -0.25) is 4.98 Å². The van der Waals surface area contributed by atoms with Gasteiger partial charge < -0.3 is 0 Å². The maximum atomic E-state index is 13.1. The summed E-state index contributed by atoms with van der Waals surface area (Å²) >= 11 is 0. The first-order chi connectivity index (χ1) is 10.4. The fourth-order valence-corrected chi connectivity index (χ4v) is 2.58. The molecule has 0 atom stereocenters. The molecule has 0 unspecified atom stereocenters. The largest absolute Gasteiger partial charge is 0.417 e. The molecule has 0 aliphatic carbocycles. The summed E-state index contributed by atoms with van der Waals surface area (Å²) in [6.07, 6.45) is -3.69. The molecule has 1 nitrogen and oxygen atoms in total. The number of pyridine rings is 1. The van der Waals surface area contributed by atoms with E-state index in [1.54, 1.807) is 19.1 Å². The van der Waals surface area contributed by atoms with Crippen LogP contribution in [0.2, 0.25) is 0 Å². The number of hydrogen-bond donors (Lipinski definition) is 0. The minimum absolute atomic E-state index is 0.148. The molecule has 4 heteroatoms. The van der Waals surface area contributed by atoms with Gasteiger partial charge in [-0.2, -0.15) is 13.2 Å². The van der Waals surface area contributed by atoms with E-state index in [1.807, 2.05) is 30.3 Å². The maximum absolute atomic E-state index is 13.1. The molecule has 0 spiro atoms. The number of rotatable bonds is 2. The molecule has 0 radical (unpaired) electrons. The fraction of sp³-hybridized carbons (Fsp3) is 0.167. The highest BCUT2D eigenvalue weighted by Crippen LogP contribution is 2.35. The zero-order valence-electron chi connectivity index (χ0n) is 12.0. The Morgan fingerprint density at radius 3 is 2.32 bits per heavy atom. The van der Waals surface area contributed by atoms with Crippen molar-refractivity contribution in [3.8, 4) is 0 Å². The first-order valence-corrected chi connectivity index (χ1v) is 6.95. The van der Waals surface area contributed by atoms with Crippen LogP contribution in [0.1, 0.15) is 22.4 Å². The number of fused-ring (bicyclic) bond motifs is 1. The third kappa shape index (κ3) is 2.96. The van der Waals surface area contributed by atoms with E-state index in [9.17, 15) is 13.2 Å². The van der Waals surface area contributed by atoms with Gasteiger partial charge in [0.2, 0.25) is 0 Å². The monoisotopic (exact) mass is 301 g/mol. The average Bonchev–Trinajstić information content (AvgIpc) is 2.46. The van der Waals surface area contributed by atoms with Crippen LogP contribution in [-0.4, -0.2) is 4.98 Å². The van der Waals surface area contributed by atoms with Gasteiger partial charge in [0.15, 0.2) is 0 Å². The number of aryl methyl sites for hydroxylation is 1. The molecule has 1 aromatic heterocycles. The van der Waals surface area contributed by atoms with Gasteiger partial charge in [-0.05, 0) is 36.6 Å². The first-order valence-electron chi connectivity index (χ1n) is 6.95. The van der Waals surface area contributed by atoms with Crippen molar-refractivity contribution in [3.63, 3.8) is 0 Å². The van der Waals surface area contributed by atoms with E-state index in [2.05, 4.69) is 4.98 Å². The minimum Gasteiger partial charge on any atom is -0.253 e. The summed E-state index contributed by atoms with van der Waals surface area (Å²) in [5, 5.41) is 0.148. The molecule has 0 N–H and O–H groups in total. The molecule has 3 aromatic rings. The van der Waals surface area contributed by atoms with Crippen molar-refractivity contribution < 1.29 is 13.2 Å². The minimum atomic E-state index is -4.37. The first kappa shape index (κ1) is 14.6. The summed E-state index contributed by atoms with van der Waals surface area (Å²) in [4.78, 5) is 4.25. The van der Waals surface area contributed by atoms with E-state index in [1.165, 1.54) is 6.07 Å². The molecule has 1 heterocycles. The van der Waals surface area contributed by atoms with Crippen LogP contribution in [0, 0.1) is 6.92 Å². The fourth-order valence-electron chi connectivity index (χ4n) is 2.58. The molecule has 2 aromatic carbocycles. The van der Waals surface area contributed by atoms with Crippen molar-refractivity contribution in [1.29, 1.82) is 0 Å². The van der Waals surface area contributed by atoms with Crippen LogP contribution >= 0.6 is 0 Å². The predicted molar refractivity (Wildman–Crippen MR) is 80.7 cm³/mol.